The first-order valence-corrected chi connectivity index (χ1v) is 4.04. The van der Waals surface area contributed by atoms with E-state index in [0.29, 0.717) is 5.56 Å². The molecule has 0 saturated carbocycles. The van der Waals surface area contributed by atoms with E-state index in [-0.39, 0.29) is 0 Å². The van der Waals surface area contributed by atoms with Gasteiger partial charge in [-0.3, -0.25) is 4.79 Å². The van der Waals surface area contributed by atoms with E-state index in [1.54, 1.807) is 19.2 Å². The first-order chi connectivity index (χ1) is 6.27. The second kappa shape index (κ2) is 4.40. The SMILES string of the molecule is CN/N=C(\C)c1ccc(C=O)cc1. The monoisotopic (exact) mass is 176 g/mol. The molecule has 68 valence electrons. The lowest BCUT2D eigenvalue weighted by atomic mass is 10.1. The van der Waals surface area contributed by atoms with E-state index in [9.17, 15) is 4.79 Å². The Hall–Kier alpha value is -1.64. The van der Waals surface area contributed by atoms with Gasteiger partial charge in [-0.25, -0.2) is 0 Å². The van der Waals surface area contributed by atoms with Crippen LogP contribution in [0.4, 0.5) is 0 Å². The number of benzene rings is 1. The zero-order valence-corrected chi connectivity index (χ0v) is 7.74. The molecule has 1 N–H and O–H groups in total. The Morgan fingerprint density at radius 2 is 2.00 bits per heavy atom. The molecule has 0 aromatic heterocycles. The summed E-state index contributed by atoms with van der Waals surface area (Å²) in [5, 5.41) is 4.03. The van der Waals surface area contributed by atoms with Gasteiger partial charge in [0.1, 0.15) is 6.29 Å². The van der Waals surface area contributed by atoms with Crippen LogP contribution >= 0.6 is 0 Å². The van der Waals surface area contributed by atoms with Gasteiger partial charge in [-0.15, -0.1) is 0 Å². The van der Waals surface area contributed by atoms with E-state index in [0.717, 1.165) is 17.6 Å². The fourth-order valence-electron chi connectivity index (χ4n) is 1.04. The molecule has 0 amide bonds. The number of nitrogens with one attached hydrogen (secondary N) is 1. The van der Waals surface area contributed by atoms with Gasteiger partial charge in [0.2, 0.25) is 0 Å². The minimum Gasteiger partial charge on any atom is -0.313 e. The Morgan fingerprint density at radius 1 is 1.38 bits per heavy atom. The minimum atomic E-state index is 0.681. The Balaban J connectivity index is 2.91. The zero-order valence-electron chi connectivity index (χ0n) is 7.74. The number of carbonyl (C=O) groups is 1. The van der Waals surface area contributed by atoms with Crippen molar-refractivity contribution < 1.29 is 4.79 Å². The molecule has 0 radical (unpaired) electrons. The number of hydrazone groups is 1. The summed E-state index contributed by atoms with van der Waals surface area (Å²) in [6.45, 7) is 1.91. The molecule has 1 aromatic carbocycles. The zero-order chi connectivity index (χ0) is 9.68. The van der Waals surface area contributed by atoms with Gasteiger partial charge in [-0.05, 0) is 12.5 Å². The Labute approximate surface area is 77.5 Å². The first-order valence-electron chi connectivity index (χ1n) is 4.04. The van der Waals surface area contributed by atoms with Gasteiger partial charge >= 0.3 is 0 Å². The largest absolute Gasteiger partial charge is 0.313 e. The lowest BCUT2D eigenvalue weighted by molar-refractivity contribution is 0.112. The normalized spacial score (nSPS) is 11.1. The second-order valence-corrected chi connectivity index (χ2v) is 2.66. The van der Waals surface area contributed by atoms with Crippen LogP contribution in [0.15, 0.2) is 29.4 Å². The van der Waals surface area contributed by atoms with Crippen LogP contribution < -0.4 is 5.43 Å². The van der Waals surface area contributed by atoms with Crippen molar-refractivity contribution in [1.82, 2.24) is 5.43 Å². The van der Waals surface area contributed by atoms with Crippen LogP contribution in [-0.4, -0.2) is 19.0 Å². The standard InChI is InChI=1S/C10H12N2O/c1-8(12-11-2)10-5-3-9(7-13)4-6-10/h3-7,11H,1-2H3/b12-8+. The van der Waals surface area contributed by atoms with Crippen LogP contribution in [0.5, 0.6) is 0 Å². The van der Waals surface area contributed by atoms with E-state index in [4.69, 9.17) is 0 Å². The van der Waals surface area contributed by atoms with Gasteiger partial charge in [0, 0.05) is 12.6 Å². The number of aldehydes is 1. The Kier molecular flexibility index (Phi) is 3.20. The van der Waals surface area contributed by atoms with Crippen molar-refractivity contribution in [3.8, 4) is 0 Å². The number of rotatable bonds is 3. The van der Waals surface area contributed by atoms with Crippen molar-refractivity contribution in [2.45, 2.75) is 6.92 Å². The summed E-state index contributed by atoms with van der Waals surface area (Å²) in [5.74, 6) is 0. The first kappa shape index (κ1) is 9.45. The molecule has 13 heavy (non-hydrogen) atoms. The predicted molar refractivity (Wildman–Crippen MR) is 53.1 cm³/mol. The minimum absolute atomic E-state index is 0.681. The van der Waals surface area contributed by atoms with Crippen LogP contribution in [0, 0.1) is 0 Å². The van der Waals surface area contributed by atoms with Crippen LogP contribution in [0.1, 0.15) is 22.8 Å². The third-order valence-corrected chi connectivity index (χ3v) is 1.74. The van der Waals surface area contributed by atoms with Gasteiger partial charge in [-0.1, -0.05) is 24.3 Å². The molecule has 0 atom stereocenters. The average molecular weight is 176 g/mol. The molecule has 0 aliphatic heterocycles. The smallest absolute Gasteiger partial charge is 0.150 e. The maximum Gasteiger partial charge on any atom is 0.150 e. The van der Waals surface area contributed by atoms with Crippen molar-refractivity contribution in [3.05, 3.63) is 35.4 Å². The molecule has 0 heterocycles. The van der Waals surface area contributed by atoms with Crippen molar-refractivity contribution in [3.63, 3.8) is 0 Å². The van der Waals surface area contributed by atoms with Gasteiger partial charge in [0.05, 0.1) is 5.71 Å². The number of hydrogen-bond donors (Lipinski definition) is 1. The maximum atomic E-state index is 10.4. The summed E-state index contributed by atoms with van der Waals surface area (Å²) in [7, 11) is 1.75. The molecule has 0 fully saturated rings. The Morgan fingerprint density at radius 3 is 2.46 bits per heavy atom. The molecule has 1 rings (SSSR count). The molecule has 0 aliphatic carbocycles. The van der Waals surface area contributed by atoms with Gasteiger partial charge in [-0.2, -0.15) is 5.10 Å². The highest BCUT2D eigenvalue weighted by Gasteiger charge is 1.96. The van der Waals surface area contributed by atoms with E-state index in [1.165, 1.54) is 0 Å². The average Bonchev–Trinajstić information content (AvgIpc) is 2.18. The van der Waals surface area contributed by atoms with Crippen LogP contribution in [-0.2, 0) is 0 Å². The van der Waals surface area contributed by atoms with Crippen molar-refractivity contribution >= 4 is 12.0 Å². The molecule has 0 bridgehead atoms. The van der Waals surface area contributed by atoms with E-state index in [1.807, 2.05) is 19.1 Å². The third kappa shape index (κ3) is 2.40. The highest BCUT2D eigenvalue weighted by atomic mass is 16.1. The van der Waals surface area contributed by atoms with Crippen LogP contribution in [0.3, 0.4) is 0 Å². The summed E-state index contributed by atoms with van der Waals surface area (Å²) < 4.78 is 0. The fraction of sp³-hybridized carbons (Fsp3) is 0.200. The van der Waals surface area contributed by atoms with Gasteiger partial charge in [0.15, 0.2) is 0 Å². The van der Waals surface area contributed by atoms with Crippen molar-refractivity contribution in [1.29, 1.82) is 0 Å². The van der Waals surface area contributed by atoms with E-state index < -0.39 is 0 Å². The molecule has 0 spiro atoms. The molecule has 3 nitrogen and oxygen atoms in total. The van der Waals surface area contributed by atoms with Gasteiger partial charge < -0.3 is 5.43 Å². The summed E-state index contributed by atoms with van der Waals surface area (Å²) in [6, 6.07) is 7.30. The lowest BCUT2D eigenvalue weighted by Crippen LogP contribution is -2.02. The van der Waals surface area contributed by atoms with Gasteiger partial charge in [0.25, 0.3) is 0 Å². The maximum absolute atomic E-state index is 10.4. The summed E-state index contributed by atoms with van der Waals surface area (Å²) >= 11 is 0. The number of nitrogens with zero attached hydrogens (tertiary/aromatic N) is 1. The highest BCUT2D eigenvalue weighted by Crippen LogP contribution is 2.03. The molecule has 0 aliphatic rings. The number of hydrogen-bond acceptors (Lipinski definition) is 3. The van der Waals surface area contributed by atoms with E-state index in [2.05, 4.69) is 10.5 Å². The quantitative estimate of drug-likeness (QED) is 0.430. The van der Waals surface area contributed by atoms with Crippen molar-refractivity contribution in [2.75, 3.05) is 7.05 Å². The van der Waals surface area contributed by atoms with Crippen LogP contribution in [0.25, 0.3) is 0 Å². The summed E-state index contributed by atoms with van der Waals surface area (Å²) in [6.07, 6.45) is 0.828. The van der Waals surface area contributed by atoms with Crippen molar-refractivity contribution in [2.24, 2.45) is 5.10 Å². The Bertz CT molecular complexity index is 314. The summed E-state index contributed by atoms with van der Waals surface area (Å²) in [5.41, 5.74) is 5.31. The predicted octanol–water partition coefficient (Wildman–Crippen LogP) is 1.44. The highest BCUT2D eigenvalue weighted by molar-refractivity contribution is 5.98. The molecule has 1 aromatic rings. The topological polar surface area (TPSA) is 41.5 Å². The third-order valence-electron chi connectivity index (χ3n) is 1.74. The molecule has 3 heteroatoms. The number of carbonyl (C=O) groups excluding carboxylic acids is 1. The fourth-order valence-corrected chi connectivity index (χ4v) is 1.04. The molecular weight excluding hydrogens is 164 g/mol. The summed E-state index contributed by atoms with van der Waals surface area (Å²) in [4.78, 5) is 10.4. The van der Waals surface area contributed by atoms with E-state index >= 15 is 0 Å². The molecular formula is C10H12N2O. The second-order valence-electron chi connectivity index (χ2n) is 2.66. The van der Waals surface area contributed by atoms with Crippen LogP contribution in [0.2, 0.25) is 0 Å². The molecule has 0 saturated heterocycles. The lowest BCUT2D eigenvalue weighted by Gasteiger charge is -1.99. The molecule has 0 unspecified atom stereocenters.